The molecule has 1 atom stereocenters. The van der Waals surface area contributed by atoms with E-state index < -0.39 is 17.7 Å². The van der Waals surface area contributed by atoms with Crippen molar-refractivity contribution in [3.8, 4) is 23.0 Å². The predicted molar refractivity (Wildman–Crippen MR) is 122 cm³/mol. The summed E-state index contributed by atoms with van der Waals surface area (Å²) in [5.41, 5.74) is 0.803. The second kappa shape index (κ2) is 10.0. The van der Waals surface area contributed by atoms with Crippen LogP contribution in [0.25, 0.3) is 5.76 Å². The Morgan fingerprint density at radius 2 is 1.88 bits per heavy atom. The molecule has 4 rings (SSSR count). The van der Waals surface area contributed by atoms with Gasteiger partial charge in [-0.05, 0) is 49.2 Å². The normalized spacial score (nSPS) is 18.9. The molecule has 0 spiro atoms. The molecule has 180 valence electrons. The maximum atomic E-state index is 13.1. The Hall–Kier alpha value is -3.72. The molecule has 34 heavy (non-hydrogen) atoms. The topological polar surface area (TPSA) is 115 Å². The van der Waals surface area contributed by atoms with E-state index >= 15 is 0 Å². The summed E-state index contributed by atoms with van der Waals surface area (Å²) in [6, 6.07) is 8.61. The van der Waals surface area contributed by atoms with E-state index in [0.717, 1.165) is 0 Å². The second-order valence-corrected chi connectivity index (χ2v) is 7.86. The first-order chi connectivity index (χ1) is 16.5. The molecule has 0 bridgehead atoms. The van der Waals surface area contributed by atoms with Crippen molar-refractivity contribution in [2.75, 3.05) is 40.1 Å². The Labute approximate surface area is 197 Å². The number of nitrogens with zero attached hydrogens (tertiary/aromatic N) is 1. The van der Waals surface area contributed by atoms with Crippen LogP contribution in [0.4, 0.5) is 0 Å². The van der Waals surface area contributed by atoms with Gasteiger partial charge in [-0.1, -0.05) is 6.07 Å². The van der Waals surface area contributed by atoms with Gasteiger partial charge in [-0.15, -0.1) is 0 Å². The van der Waals surface area contributed by atoms with Gasteiger partial charge in [-0.2, -0.15) is 0 Å². The maximum Gasteiger partial charge on any atom is 0.295 e. The minimum absolute atomic E-state index is 0.0489. The van der Waals surface area contributed by atoms with Crippen molar-refractivity contribution >= 4 is 17.4 Å². The van der Waals surface area contributed by atoms with Crippen molar-refractivity contribution < 1.29 is 38.7 Å². The van der Waals surface area contributed by atoms with E-state index in [2.05, 4.69) is 0 Å². The van der Waals surface area contributed by atoms with E-state index in [1.165, 1.54) is 11.0 Å². The third-order valence-corrected chi connectivity index (χ3v) is 5.70. The number of fused-ring (bicyclic) bond motifs is 1. The maximum absolute atomic E-state index is 13.1. The number of amides is 1. The van der Waals surface area contributed by atoms with Crippen LogP contribution in [0.2, 0.25) is 0 Å². The van der Waals surface area contributed by atoms with Gasteiger partial charge in [0.2, 0.25) is 0 Å². The summed E-state index contributed by atoms with van der Waals surface area (Å²) in [4.78, 5) is 27.6. The Morgan fingerprint density at radius 3 is 2.62 bits per heavy atom. The van der Waals surface area contributed by atoms with Crippen LogP contribution in [-0.4, -0.2) is 66.9 Å². The van der Waals surface area contributed by atoms with Gasteiger partial charge in [-0.3, -0.25) is 9.59 Å². The van der Waals surface area contributed by atoms with E-state index in [1.54, 1.807) is 44.4 Å². The molecule has 1 amide bonds. The molecule has 1 saturated heterocycles. The van der Waals surface area contributed by atoms with Crippen LogP contribution in [0, 0.1) is 0 Å². The lowest BCUT2D eigenvalue weighted by atomic mass is 9.94. The first-order valence-corrected chi connectivity index (χ1v) is 11.1. The molecule has 2 aliphatic rings. The number of carbonyl (C=O) groups is 2. The molecule has 2 aromatic carbocycles. The number of ether oxygens (including phenoxy) is 4. The van der Waals surface area contributed by atoms with Crippen molar-refractivity contribution in [2.45, 2.75) is 19.4 Å². The lowest BCUT2D eigenvalue weighted by molar-refractivity contribution is -0.140. The average Bonchev–Trinajstić information content (AvgIpc) is 3.10. The standard InChI is InChI=1S/C25H27NO8/c1-3-32-19-13-15(5-7-17(19)27)22-21(24(29)25(30)26(22)9-4-10-31-2)23(28)16-6-8-18-20(14-16)34-12-11-33-18/h5-8,13-14,22,27-28H,3-4,9-12H2,1-2H3/b23-21+. The Kier molecular flexibility index (Phi) is 6.93. The number of aromatic hydroxyl groups is 1. The third-order valence-electron chi connectivity index (χ3n) is 5.70. The van der Waals surface area contributed by atoms with Crippen molar-refractivity contribution in [3.05, 3.63) is 53.1 Å². The summed E-state index contributed by atoms with van der Waals surface area (Å²) in [6.45, 7) is 3.54. The van der Waals surface area contributed by atoms with Crippen LogP contribution in [0.15, 0.2) is 42.0 Å². The fourth-order valence-corrected chi connectivity index (χ4v) is 4.15. The van der Waals surface area contributed by atoms with E-state index in [4.69, 9.17) is 18.9 Å². The minimum atomic E-state index is -0.870. The van der Waals surface area contributed by atoms with Crippen molar-refractivity contribution in [1.82, 2.24) is 4.90 Å². The van der Waals surface area contributed by atoms with Gasteiger partial charge in [-0.25, -0.2) is 0 Å². The molecular formula is C25H27NO8. The number of hydrogen-bond donors (Lipinski definition) is 2. The van der Waals surface area contributed by atoms with Gasteiger partial charge >= 0.3 is 0 Å². The number of rotatable bonds is 8. The lowest BCUT2D eigenvalue weighted by Crippen LogP contribution is -2.31. The zero-order valence-electron chi connectivity index (χ0n) is 19.1. The van der Waals surface area contributed by atoms with E-state index in [9.17, 15) is 19.8 Å². The van der Waals surface area contributed by atoms with Gasteiger partial charge in [0.15, 0.2) is 23.0 Å². The third kappa shape index (κ3) is 4.38. The van der Waals surface area contributed by atoms with Gasteiger partial charge in [0, 0.05) is 25.8 Å². The van der Waals surface area contributed by atoms with E-state index in [-0.39, 0.29) is 29.4 Å². The summed E-state index contributed by atoms with van der Waals surface area (Å²) in [7, 11) is 1.56. The minimum Gasteiger partial charge on any atom is -0.507 e. The van der Waals surface area contributed by atoms with Crippen molar-refractivity contribution in [2.24, 2.45) is 0 Å². The number of ketones is 1. The number of phenols is 1. The summed E-state index contributed by atoms with van der Waals surface area (Å²) in [5.74, 6) is -0.674. The molecule has 9 nitrogen and oxygen atoms in total. The monoisotopic (exact) mass is 469 g/mol. The second-order valence-electron chi connectivity index (χ2n) is 7.86. The molecule has 1 fully saturated rings. The largest absolute Gasteiger partial charge is 0.507 e. The highest BCUT2D eigenvalue weighted by atomic mass is 16.6. The molecule has 9 heteroatoms. The Balaban J connectivity index is 1.82. The molecule has 0 aromatic heterocycles. The van der Waals surface area contributed by atoms with Crippen LogP contribution in [0.1, 0.15) is 30.5 Å². The molecule has 2 N–H and O–H groups in total. The zero-order chi connectivity index (χ0) is 24.2. The number of likely N-dealkylation sites (tertiary alicyclic amines) is 1. The summed E-state index contributed by atoms with van der Waals surface area (Å²) >= 11 is 0. The number of carbonyl (C=O) groups excluding carboxylic acids is 2. The molecule has 0 aliphatic carbocycles. The number of benzene rings is 2. The highest BCUT2D eigenvalue weighted by Gasteiger charge is 2.46. The molecule has 0 radical (unpaired) electrons. The first-order valence-electron chi connectivity index (χ1n) is 11.1. The SMILES string of the molecule is CCOc1cc(C2/C(=C(\O)c3ccc4c(c3)OCCO4)C(=O)C(=O)N2CCCOC)ccc1O. The number of aliphatic hydroxyl groups is 1. The molecular weight excluding hydrogens is 442 g/mol. The Morgan fingerprint density at radius 1 is 1.12 bits per heavy atom. The van der Waals surface area contributed by atoms with Crippen LogP contribution >= 0.6 is 0 Å². The van der Waals surface area contributed by atoms with Crippen molar-refractivity contribution in [3.63, 3.8) is 0 Å². The van der Waals surface area contributed by atoms with Gasteiger partial charge in [0.05, 0.1) is 18.2 Å². The van der Waals surface area contributed by atoms with Gasteiger partial charge in [0.25, 0.3) is 11.7 Å². The average molecular weight is 469 g/mol. The fraction of sp³-hybridized carbons (Fsp3) is 0.360. The van der Waals surface area contributed by atoms with Crippen LogP contribution in [-0.2, 0) is 14.3 Å². The number of methoxy groups -OCH3 is 1. The van der Waals surface area contributed by atoms with Gasteiger partial charge < -0.3 is 34.1 Å². The molecule has 2 heterocycles. The van der Waals surface area contributed by atoms with E-state index in [1.807, 2.05) is 0 Å². The quantitative estimate of drug-likeness (QED) is 0.262. The van der Waals surface area contributed by atoms with Crippen LogP contribution in [0.5, 0.6) is 23.0 Å². The Bertz CT molecular complexity index is 1130. The highest BCUT2D eigenvalue weighted by Crippen LogP contribution is 2.43. The molecule has 2 aromatic rings. The van der Waals surface area contributed by atoms with E-state index in [0.29, 0.717) is 55.5 Å². The molecule has 0 saturated carbocycles. The zero-order valence-corrected chi connectivity index (χ0v) is 19.1. The molecule has 2 aliphatic heterocycles. The lowest BCUT2D eigenvalue weighted by Gasteiger charge is -2.26. The highest BCUT2D eigenvalue weighted by molar-refractivity contribution is 6.46. The van der Waals surface area contributed by atoms with Crippen LogP contribution in [0.3, 0.4) is 0 Å². The number of hydrogen-bond acceptors (Lipinski definition) is 8. The number of Topliss-reactive ketones (excluding diaryl/α,β-unsaturated/α-hetero) is 1. The van der Waals surface area contributed by atoms with Gasteiger partial charge in [0.1, 0.15) is 19.0 Å². The number of phenolic OH excluding ortho intramolecular Hbond substituents is 1. The van der Waals surface area contributed by atoms with Crippen molar-refractivity contribution in [1.29, 1.82) is 0 Å². The number of aliphatic hydroxyl groups excluding tert-OH is 1. The first kappa shape index (κ1) is 23.4. The van der Waals surface area contributed by atoms with Crippen LogP contribution < -0.4 is 14.2 Å². The summed E-state index contributed by atoms with van der Waals surface area (Å²) in [5, 5.41) is 21.4. The fourth-order valence-electron chi connectivity index (χ4n) is 4.15. The summed E-state index contributed by atoms with van der Waals surface area (Å²) in [6.07, 6.45) is 0.500. The predicted octanol–water partition coefficient (Wildman–Crippen LogP) is 3.02. The smallest absolute Gasteiger partial charge is 0.295 e. The molecule has 1 unspecified atom stereocenters. The summed E-state index contributed by atoms with van der Waals surface area (Å²) < 4.78 is 21.7.